The van der Waals surface area contributed by atoms with Gasteiger partial charge in [-0.15, -0.1) is 0 Å². The van der Waals surface area contributed by atoms with Gasteiger partial charge < -0.3 is 15.5 Å². The molecule has 1 fully saturated rings. The van der Waals surface area contributed by atoms with Gasteiger partial charge >= 0.3 is 0 Å². The van der Waals surface area contributed by atoms with Crippen molar-refractivity contribution in [1.29, 1.82) is 0 Å². The van der Waals surface area contributed by atoms with Crippen molar-refractivity contribution in [3.8, 4) is 0 Å². The normalized spacial score (nSPS) is 17.3. The molecule has 1 aromatic carbocycles. The first-order valence-electron chi connectivity index (χ1n) is 8.35. The van der Waals surface area contributed by atoms with E-state index in [1.165, 1.54) is 48.1 Å². The molecule has 1 aliphatic rings. The second-order valence-electron chi connectivity index (χ2n) is 7.03. The average molecular weight is 321 g/mol. The van der Waals surface area contributed by atoms with E-state index >= 15 is 0 Å². The van der Waals surface area contributed by atoms with Crippen LogP contribution in [0.25, 0.3) is 0 Å². The molecule has 2 rings (SSSR count). The summed E-state index contributed by atoms with van der Waals surface area (Å²) < 4.78 is 0. The van der Waals surface area contributed by atoms with E-state index in [1.807, 2.05) is 0 Å². The highest BCUT2D eigenvalue weighted by Crippen LogP contribution is 2.25. The zero-order valence-electron chi connectivity index (χ0n) is 14.4. The number of quaternary nitrogens is 1. The minimum atomic E-state index is 0.326. The maximum absolute atomic E-state index is 5.50. The van der Waals surface area contributed by atoms with Crippen LogP contribution in [0.15, 0.2) is 18.2 Å². The molecule has 1 aliphatic carbocycles. The number of aryl methyl sites for hydroxylation is 2. The number of rotatable bonds is 4. The maximum atomic E-state index is 5.50. The number of benzene rings is 1. The molecular formula is C18H30N3S+. The molecule has 0 unspecified atom stereocenters. The lowest BCUT2D eigenvalue weighted by molar-refractivity contribution is -0.916. The van der Waals surface area contributed by atoms with Gasteiger partial charge in [0.1, 0.15) is 5.54 Å². The Hall–Kier alpha value is -1.13. The first-order valence-corrected chi connectivity index (χ1v) is 8.76. The largest absolute Gasteiger partial charge is 0.356 e. The minimum absolute atomic E-state index is 0.326. The fraction of sp³-hybridized carbons (Fsp3) is 0.611. The van der Waals surface area contributed by atoms with Crippen LogP contribution < -0.4 is 15.5 Å². The van der Waals surface area contributed by atoms with Crippen LogP contribution in [-0.2, 0) is 0 Å². The first kappa shape index (κ1) is 17.2. The van der Waals surface area contributed by atoms with Crippen LogP contribution in [0.2, 0.25) is 0 Å². The molecule has 0 amide bonds. The maximum Gasteiger partial charge on any atom is 0.171 e. The summed E-state index contributed by atoms with van der Waals surface area (Å²) in [5, 5.41) is 7.52. The number of anilines is 1. The summed E-state index contributed by atoms with van der Waals surface area (Å²) in [5.74, 6) is 0. The van der Waals surface area contributed by atoms with Gasteiger partial charge in [-0.3, -0.25) is 0 Å². The van der Waals surface area contributed by atoms with Crippen LogP contribution in [0.3, 0.4) is 0 Å². The lowest BCUT2D eigenvalue weighted by Crippen LogP contribution is -3.16. The number of thiocarbonyl (C=S) groups is 1. The van der Waals surface area contributed by atoms with Crippen LogP contribution in [0.1, 0.15) is 43.2 Å². The van der Waals surface area contributed by atoms with Crippen molar-refractivity contribution in [3.63, 3.8) is 0 Å². The summed E-state index contributed by atoms with van der Waals surface area (Å²) in [7, 11) is 4.54. The molecule has 0 aliphatic heterocycles. The molecule has 0 saturated heterocycles. The van der Waals surface area contributed by atoms with E-state index in [-0.39, 0.29) is 0 Å². The van der Waals surface area contributed by atoms with Crippen LogP contribution in [0, 0.1) is 13.8 Å². The highest BCUT2D eigenvalue weighted by atomic mass is 32.1. The summed E-state index contributed by atoms with van der Waals surface area (Å²) in [4.78, 5) is 1.54. The van der Waals surface area contributed by atoms with Gasteiger partial charge in [-0.05, 0) is 62.2 Å². The van der Waals surface area contributed by atoms with Gasteiger partial charge in [-0.25, -0.2) is 0 Å². The molecular weight excluding hydrogens is 290 g/mol. The van der Waals surface area contributed by atoms with Gasteiger partial charge in [0.05, 0.1) is 20.6 Å². The Labute approximate surface area is 140 Å². The lowest BCUT2D eigenvalue weighted by atomic mass is 9.80. The monoisotopic (exact) mass is 320 g/mol. The Morgan fingerprint density at radius 2 is 1.68 bits per heavy atom. The van der Waals surface area contributed by atoms with Crippen LogP contribution >= 0.6 is 12.2 Å². The van der Waals surface area contributed by atoms with Crippen molar-refractivity contribution in [3.05, 3.63) is 29.3 Å². The highest BCUT2D eigenvalue weighted by molar-refractivity contribution is 7.80. The third-order valence-electron chi connectivity index (χ3n) is 4.94. The Balaban J connectivity index is 1.93. The molecule has 0 spiro atoms. The summed E-state index contributed by atoms with van der Waals surface area (Å²) in [6.45, 7) is 5.17. The van der Waals surface area contributed by atoms with Gasteiger partial charge in [0.15, 0.2) is 5.11 Å². The fourth-order valence-corrected chi connectivity index (χ4v) is 3.74. The van der Waals surface area contributed by atoms with Crippen molar-refractivity contribution in [2.75, 3.05) is 26.0 Å². The summed E-state index contributed by atoms with van der Waals surface area (Å²) >= 11 is 5.50. The SMILES string of the molecule is Cc1cc(C)cc(NC(=S)NCC2([NH+](C)C)CCCCC2)c1. The van der Waals surface area contributed by atoms with E-state index in [0.717, 1.165) is 17.3 Å². The molecule has 4 heteroatoms. The van der Waals surface area contributed by atoms with E-state index in [1.54, 1.807) is 0 Å². The standard InChI is InChI=1S/C18H29N3S/c1-14-10-15(2)12-16(11-14)20-17(22)19-13-18(21(3)4)8-6-5-7-9-18/h10-12H,5-9,13H2,1-4H3,(H2,19,20,22)/p+1. The second kappa shape index (κ2) is 7.42. The summed E-state index contributed by atoms with van der Waals surface area (Å²) in [6.07, 6.45) is 6.62. The van der Waals surface area contributed by atoms with Gasteiger partial charge in [-0.1, -0.05) is 12.5 Å². The molecule has 3 nitrogen and oxygen atoms in total. The number of hydrogen-bond donors (Lipinski definition) is 3. The predicted molar refractivity (Wildman–Crippen MR) is 98.8 cm³/mol. The molecule has 0 atom stereocenters. The fourth-order valence-electron chi connectivity index (χ4n) is 3.55. The summed E-state index contributed by atoms with van der Waals surface area (Å²) in [5.41, 5.74) is 3.91. The van der Waals surface area contributed by atoms with E-state index in [9.17, 15) is 0 Å². The Morgan fingerprint density at radius 3 is 2.23 bits per heavy atom. The predicted octanol–water partition coefficient (Wildman–Crippen LogP) is 2.44. The van der Waals surface area contributed by atoms with E-state index in [4.69, 9.17) is 12.2 Å². The minimum Gasteiger partial charge on any atom is -0.356 e. The molecule has 0 bridgehead atoms. The quantitative estimate of drug-likeness (QED) is 0.744. The topological polar surface area (TPSA) is 28.5 Å². The van der Waals surface area contributed by atoms with Crippen molar-refractivity contribution in [2.45, 2.75) is 51.5 Å². The van der Waals surface area contributed by atoms with Crippen molar-refractivity contribution in [1.82, 2.24) is 5.32 Å². The zero-order chi connectivity index (χ0) is 16.2. The molecule has 0 heterocycles. The molecule has 22 heavy (non-hydrogen) atoms. The third kappa shape index (κ3) is 4.43. The van der Waals surface area contributed by atoms with Crippen molar-refractivity contribution < 1.29 is 4.90 Å². The molecule has 3 N–H and O–H groups in total. The van der Waals surface area contributed by atoms with Gasteiger partial charge in [0.2, 0.25) is 0 Å². The third-order valence-corrected chi connectivity index (χ3v) is 5.18. The summed E-state index contributed by atoms with van der Waals surface area (Å²) in [6, 6.07) is 6.44. The molecule has 0 radical (unpaired) electrons. The highest BCUT2D eigenvalue weighted by Gasteiger charge is 2.37. The average Bonchev–Trinajstić information content (AvgIpc) is 2.45. The molecule has 1 aromatic rings. The molecule has 0 aromatic heterocycles. The zero-order valence-corrected chi connectivity index (χ0v) is 15.2. The van der Waals surface area contributed by atoms with E-state index < -0.39 is 0 Å². The van der Waals surface area contributed by atoms with E-state index in [0.29, 0.717) is 5.54 Å². The van der Waals surface area contributed by atoms with Crippen LogP contribution in [-0.4, -0.2) is 31.3 Å². The Bertz CT molecular complexity index is 499. The van der Waals surface area contributed by atoms with Gasteiger partial charge in [-0.2, -0.15) is 0 Å². The van der Waals surface area contributed by atoms with E-state index in [2.05, 4.69) is 56.8 Å². The second-order valence-corrected chi connectivity index (χ2v) is 7.43. The smallest absolute Gasteiger partial charge is 0.171 e. The Morgan fingerprint density at radius 1 is 1.09 bits per heavy atom. The first-order chi connectivity index (χ1) is 10.4. The number of hydrogen-bond acceptors (Lipinski definition) is 1. The number of likely N-dealkylation sites (N-methyl/N-ethyl adjacent to an activating group) is 1. The lowest BCUT2D eigenvalue weighted by Gasteiger charge is -2.40. The van der Waals surface area contributed by atoms with Crippen LogP contribution in [0.4, 0.5) is 5.69 Å². The molecule has 122 valence electrons. The van der Waals surface area contributed by atoms with Crippen molar-refractivity contribution in [2.24, 2.45) is 0 Å². The number of nitrogens with one attached hydrogen (secondary N) is 3. The van der Waals surface area contributed by atoms with Gasteiger partial charge in [0.25, 0.3) is 0 Å². The molecule has 1 saturated carbocycles. The van der Waals surface area contributed by atoms with Crippen LogP contribution in [0.5, 0.6) is 0 Å². The van der Waals surface area contributed by atoms with Crippen molar-refractivity contribution >= 4 is 23.0 Å². The Kier molecular flexibility index (Phi) is 5.81. The van der Waals surface area contributed by atoms with Gasteiger partial charge in [0, 0.05) is 18.5 Å².